The highest BCUT2D eigenvalue weighted by Crippen LogP contribution is 2.29. The molecule has 2 amide bonds. The number of thioether (sulfide) groups is 1. The van der Waals surface area contributed by atoms with Crippen LogP contribution in [0.15, 0.2) is 61.7 Å². The minimum Gasteiger partial charge on any atom is -0.458 e. The Morgan fingerprint density at radius 2 is 2.00 bits per heavy atom. The van der Waals surface area contributed by atoms with Crippen molar-refractivity contribution in [3.63, 3.8) is 0 Å². The second-order valence-electron chi connectivity index (χ2n) is 6.89. The number of carbonyl (C=O) groups is 2. The lowest BCUT2D eigenvalue weighted by atomic mass is 10.2. The molecule has 0 aliphatic rings. The number of nitrogens with one attached hydrogen (secondary N) is 2. The molecular formula is C22H20N4O4S2. The third kappa shape index (κ3) is 5.45. The molecule has 3 aromatic heterocycles. The molecule has 10 heteroatoms. The van der Waals surface area contributed by atoms with E-state index in [1.807, 2.05) is 36.6 Å². The average molecular weight is 469 g/mol. The van der Waals surface area contributed by atoms with Crippen molar-refractivity contribution in [3.05, 3.63) is 70.6 Å². The Morgan fingerprint density at radius 1 is 1.16 bits per heavy atom. The molecule has 1 aromatic carbocycles. The number of carbonyl (C=O) groups excluding carboxylic acids is 2. The molecule has 0 fully saturated rings. The first-order valence-corrected chi connectivity index (χ1v) is 11.6. The minimum absolute atomic E-state index is 0.129. The summed E-state index contributed by atoms with van der Waals surface area (Å²) < 4.78 is 11.0. The van der Waals surface area contributed by atoms with Gasteiger partial charge in [0.15, 0.2) is 10.9 Å². The number of amides is 2. The summed E-state index contributed by atoms with van der Waals surface area (Å²) in [4.78, 5) is 29.2. The maximum atomic E-state index is 12.9. The molecule has 0 radical (unpaired) electrons. The van der Waals surface area contributed by atoms with Gasteiger partial charge in [-0.2, -0.15) is 0 Å². The molecule has 4 rings (SSSR count). The lowest BCUT2D eigenvalue weighted by Crippen LogP contribution is -2.18. The monoisotopic (exact) mass is 468 g/mol. The summed E-state index contributed by atoms with van der Waals surface area (Å²) >= 11 is 2.82. The third-order valence-electron chi connectivity index (χ3n) is 4.33. The molecular weight excluding hydrogens is 448 g/mol. The Kier molecular flexibility index (Phi) is 6.72. The van der Waals surface area contributed by atoms with E-state index in [9.17, 15) is 9.59 Å². The van der Waals surface area contributed by atoms with Crippen LogP contribution in [0.4, 0.5) is 5.13 Å². The van der Waals surface area contributed by atoms with E-state index >= 15 is 0 Å². The van der Waals surface area contributed by atoms with Crippen LogP contribution in [0.25, 0.3) is 11.5 Å². The van der Waals surface area contributed by atoms with Crippen LogP contribution in [0.5, 0.6) is 0 Å². The van der Waals surface area contributed by atoms with Gasteiger partial charge >= 0.3 is 0 Å². The van der Waals surface area contributed by atoms with Gasteiger partial charge in [0.2, 0.25) is 5.91 Å². The number of hydrogen-bond acceptors (Lipinski definition) is 8. The fourth-order valence-corrected chi connectivity index (χ4v) is 4.46. The molecule has 0 spiro atoms. The van der Waals surface area contributed by atoms with E-state index in [2.05, 4.69) is 20.8 Å². The molecule has 164 valence electrons. The average Bonchev–Trinajstić information content (AvgIpc) is 3.52. The van der Waals surface area contributed by atoms with Crippen molar-refractivity contribution >= 4 is 40.0 Å². The number of aryl methyl sites for hydroxylation is 1. The second kappa shape index (κ2) is 9.84. The van der Waals surface area contributed by atoms with Crippen molar-refractivity contribution in [3.8, 4) is 11.5 Å². The molecule has 0 aliphatic heterocycles. The summed E-state index contributed by atoms with van der Waals surface area (Å²) in [6, 6.07) is 12.8. The first-order valence-electron chi connectivity index (χ1n) is 9.72. The zero-order valence-corrected chi connectivity index (χ0v) is 19.0. The quantitative estimate of drug-likeness (QED) is 0.355. The predicted molar refractivity (Wildman–Crippen MR) is 123 cm³/mol. The van der Waals surface area contributed by atoms with Crippen molar-refractivity contribution in [2.45, 2.75) is 31.0 Å². The number of hydrogen-bond donors (Lipinski definition) is 2. The van der Waals surface area contributed by atoms with E-state index in [0.717, 1.165) is 16.3 Å². The molecule has 0 saturated heterocycles. The first-order chi connectivity index (χ1) is 15.5. The maximum Gasteiger partial charge on any atom is 0.258 e. The smallest absolute Gasteiger partial charge is 0.258 e. The Labute approximate surface area is 192 Å². The van der Waals surface area contributed by atoms with Crippen molar-refractivity contribution in [1.82, 2.24) is 15.5 Å². The van der Waals surface area contributed by atoms with E-state index < -0.39 is 0 Å². The fraction of sp³-hybridized carbons (Fsp3) is 0.182. The third-order valence-corrected chi connectivity index (χ3v) is 6.18. The van der Waals surface area contributed by atoms with Crippen LogP contribution in [0.1, 0.15) is 34.5 Å². The highest BCUT2D eigenvalue weighted by molar-refractivity contribution is 7.98. The summed E-state index contributed by atoms with van der Waals surface area (Å²) in [7, 11) is 0. The van der Waals surface area contributed by atoms with E-state index in [0.29, 0.717) is 40.2 Å². The van der Waals surface area contributed by atoms with Crippen LogP contribution in [-0.4, -0.2) is 22.0 Å². The van der Waals surface area contributed by atoms with E-state index in [4.69, 9.17) is 8.94 Å². The fourth-order valence-electron chi connectivity index (χ4n) is 2.84. The number of benzene rings is 1. The SMILES string of the molecule is CC(=O)NCc1ccc(-c2csc(NC(=O)c3ccccc3SCc3cc(C)no3)n2)o1. The number of nitrogens with zero attached hydrogens (tertiary/aromatic N) is 2. The van der Waals surface area contributed by atoms with Gasteiger partial charge in [-0.05, 0) is 31.2 Å². The summed E-state index contributed by atoms with van der Waals surface area (Å²) in [5.74, 6) is 2.15. The van der Waals surface area contributed by atoms with Crippen LogP contribution in [-0.2, 0) is 17.1 Å². The first kappa shape index (κ1) is 21.8. The Bertz CT molecular complexity index is 1240. The Balaban J connectivity index is 1.42. The number of rotatable bonds is 8. The van der Waals surface area contributed by atoms with Crippen molar-refractivity contribution < 1.29 is 18.5 Å². The lowest BCUT2D eigenvalue weighted by molar-refractivity contribution is -0.119. The predicted octanol–water partition coefficient (Wildman–Crippen LogP) is 4.88. The van der Waals surface area contributed by atoms with E-state index in [-0.39, 0.29) is 11.8 Å². The highest BCUT2D eigenvalue weighted by Gasteiger charge is 2.16. The van der Waals surface area contributed by atoms with Crippen LogP contribution in [0.3, 0.4) is 0 Å². The van der Waals surface area contributed by atoms with Crippen LogP contribution in [0, 0.1) is 6.92 Å². The molecule has 0 bridgehead atoms. The molecule has 8 nitrogen and oxygen atoms in total. The Morgan fingerprint density at radius 3 is 2.78 bits per heavy atom. The zero-order valence-electron chi connectivity index (χ0n) is 17.4. The number of thiazole rings is 1. The topological polar surface area (TPSA) is 110 Å². The van der Waals surface area contributed by atoms with Crippen molar-refractivity contribution in [2.24, 2.45) is 0 Å². The van der Waals surface area contributed by atoms with Gasteiger partial charge in [0.25, 0.3) is 5.91 Å². The van der Waals surface area contributed by atoms with Gasteiger partial charge < -0.3 is 14.3 Å². The number of anilines is 1. The van der Waals surface area contributed by atoms with Gasteiger partial charge in [-0.25, -0.2) is 4.98 Å². The van der Waals surface area contributed by atoms with Crippen molar-refractivity contribution in [2.75, 3.05) is 5.32 Å². The van der Waals surface area contributed by atoms with E-state index in [1.165, 1.54) is 30.0 Å². The molecule has 0 saturated carbocycles. The van der Waals surface area contributed by atoms with Gasteiger partial charge in [0.05, 0.1) is 23.6 Å². The maximum absolute atomic E-state index is 12.9. The molecule has 2 N–H and O–H groups in total. The van der Waals surface area contributed by atoms with Gasteiger partial charge in [-0.1, -0.05) is 17.3 Å². The summed E-state index contributed by atoms with van der Waals surface area (Å²) in [5.41, 5.74) is 1.99. The van der Waals surface area contributed by atoms with Gasteiger partial charge in [-0.15, -0.1) is 23.1 Å². The second-order valence-corrected chi connectivity index (χ2v) is 8.76. The molecule has 32 heavy (non-hydrogen) atoms. The van der Waals surface area contributed by atoms with Gasteiger partial charge in [-0.3, -0.25) is 14.9 Å². The number of furan rings is 1. The molecule has 0 unspecified atom stereocenters. The van der Waals surface area contributed by atoms with Gasteiger partial charge in [0.1, 0.15) is 17.2 Å². The Hall–Kier alpha value is -3.37. The van der Waals surface area contributed by atoms with E-state index in [1.54, 1.807) is 18.2 Å². The summed E-state index contributed by atoms with van der Waals surface area (Å²) in [6.45, 7) is 3.63. The minimum atomic E-state index is -0.242. The standard InChI is InChI=1S/C22H20N4O4S2/c1-13-9-16(30-26-13)11-31-20-6-4-3-5-17(20)21(28)25-22-24-18(12-32-22)19-8-7-15(29-19)10-23-14(2)27/h3-9,12H,10-11H2,1-2H3,(H,23,27)(H,24,25,28). The largest absolute Gasteiger partial charge is 0.458 e. The van der Waals surface area contributed by atoms with Gasteiger partial charge in [0, 0.05) is 23.3 Å². The molecule has 3 heterocycles. The molecule has 0 atom stereocenters. The lowest BCUT2D eigenvalue weighted by Gasteiger charge is -2.07. The van der Waals surface area contributed by atoms with Crippen LogP contribution in [0.2, 0.25) is 0 Å². The van der Waals surface area contributed by atoms with Crippen LogP contribution < -0.4 is 10.6 Å². The van der Waals surface area contributed by atoms with Crippen LogP contribution >= 0.6 is 23.1 Å². The molecule has 0 aliphatic carbocycles. The zero-order chi connectivity index (χ0) is 22.5. The van der Waals surface area contributed by atoms with Crippen molar-refractivity contribution in [1.29, 1.82) is 0 Å². The summed E-state index contributed by atoms with van der Waals surface area (Å²) in [5, 5.41) is 11.7. The number of aromatic nitrogens is 2. The normalized spacial score (nSPS) is 10.8. The highest BCUT2D eigenvalue weighted by atomic mass is 32.2. The summed E-state index contributed by atoms with van der Waals surface area (Å²) in [6.07, 6.45) is 0. The molecule has 4 aromatic rings.